The minimum absolute atomic E-state index is 0.195. The number of hydrogen-bond donors (Lipinski definition) is 4. The van der Waals surface area contributed by atoms with Gasteiger partial charge in [-0.15, -0.1) is 0 Å². The van der Waals surface area contributed by atoms with Gasteiger partial charge in [-0.05, 0) is 69.5 Å². The number of nitrogens with zero attached hydrogens (tertiary/aromatic N) is 2. The minimum Gasteiger partial charge on any atom is -0.494 e. The smallest absolute Gasteiger partial charge is 0.185 e. The Morgan fingerprint density at radius 3 is 2.45 bits per heavy atom. The molecule has 0 radical (unpaired) electrons. The van der Waals surface area contributed by atoms with Crippen LogP contribution >= 0.6 is 0 Å². The molecule has 0 spiro atoms. The number of nitrogens with two attached hydrogens (primary N) is 2. The molecule has 0 unspecified atom stereocenters. The van der Waals surface area contributed by atoms with Crippen molar-refractivity contribution in [2.24, 2.45) is 21.5 Å². The van der Waals surface area contributed by atoms with Gasteiger partial charge in [-0.25, -0.2) is 0 Å². The van der Waals surface area contributed by atoms with Crippen LogP contribution in [0.25, 0.3) is 0 Å². The zero-order chi connectivity index (χ0) is 20.6. The highest BCUT2D eigenvalue weighted by Crippen LogP contribution is 2.13. The summed E-state index contributed by atoms with van der Waals surface area (Å²) < 4.78 is 5.84. The molecule has 29 heavy (non-hydrogen) atoms. The van der Waals surface area contributed by atoms with Crippen molar-refractivity contribution in [1.82, 2.24) is 10.6 Å². The Morgan fingerprint density at radius 2 is 1.72 bits per heavy atom. The summed E-state index contributed by atoms with van der Waals surface area (Å²) in [6.45, 7) is 5.57. The summed E-state index contributed by atoms with van der Waals surface area (Å²) >= 11 is 0. The molecule has 1 aromatic rings. The van der Waals surface area contributed by atoms with E-state index in [2.05, 4.69) is 32.8 Å². The van der Waals surface area contributed by atoms with Crippen molar-refractivity contribution >= 4 is 11.8 Å². The largest absolute Gasteiger partial charge is 0.494 e. The first-order valence-corrected chi connectivity index (χ1v) is 11.0. The lowest BCUT2D eigenvalue weighted by molar-refractivity contribution is 0.305. The average Bonchev–Trinajstić information content (AvgIpc) is 2.75. The van der Waals surface area contributed by atoms with Crippen LogP contribution in [0.5, 0.6) is 5.75 Å². The van der Waals surface area contributed by atoms with Gasteiger partial charge in [-0.2, -0.15) is 0 Å². The number of amidine groups is 1. The lowest BCUT2D eigenvalue weighted by Gasteiger charge is -2.15. The molecular weight excluding hydrogens is 364 g/mol. The third-order valence-electron chi connectivity index (χ3n) is 4.85. The molecule has 0 fully saturated rings. The Labute approximate surface area is 175 Å². The van der Waals surface area contributed by atoms with Crippen LogP contribution in [0.3, 0.4) is 0 Å². The Morgan fingerprint density at radius 1 is 1.00 bits per heavy atom. The molecule has 1 aliphatic heterocycles. The van der Waals surface area contributed by atoms with Gasteiger partial charge < -0.3 is 26.8 Å². The van der Waals surface area contributed by atoms with Crippen molar-refractivity contribution in [1.29, 1.82) is 0 Å². The molecule has 1 heterocycles. The van der Waals surface area contributed by atoms with E-state index in [1.807, 2.05) is 12.1 Å². The summed E-state index contributed by atoms with van der Waals surface area (Å²) in [5.74, 6) is 2.12. The van der Waals surface area contributed by atoms with Crippen LogP contribution in [0, 0.1) is 0 Å². The third-order valence-corrected chi connectivity index (χ3v) is 4.85. The quantitative estimate of drug-likeness (QED) is 0.205. The van der Waals surface area contributed by atoms with Gasteiger partial charge in [0.15, 0.2) is 5.96 Å². The van der Waals surface area contributed by atoms with E-state index < -0.39 is 0 Å². The molecule has 0 amide bonds. The highest BCUT2D eigenvalue weighted by Gasteiger charge is 2.06. The summed E-state index contributed by atoms with van der Waals surface area (Å²) in [5.41, 5.74) is 11.7. The lowest BCUT2D eigenvalue weighted by atomic mass is 10.1. The van der Waals surface area contributed by atoms with E-state index in [-0.39, 0.29) is 5.96 Å². The van der Waals surface area contributed by atoms with Crippen molar-refractivity contribution in [2.75, 3.05) is 39.3 Å². The Balaban J connectivity index is 1.40. The van der Waals surface area contributed by atoms with Crippen LogP contribution in [-0.2, 0) is 0 Å². The summed E-state index contributed by atoms with van der Waals surface area (Å²) in [7, 11) is 0. The van der Waals surface area contributed by atoms with Crippen molar-refractivity contribution in [3.63, 3.8) is 0 Å². The molecule has 0 aromatic heterocycles. The van der Waals surface area contributed by atoms with Crippen LogP contribution in [0.15, 0.2) is 34.3 Å². The topological polar surface area (TPSA) is 110 Å². The fourth-order valence-corrected chi connectivity index (χ4v) is 3.20. The first kappa shape index (κ1) is 23.0. The zero-order valence-electron chi connectivity index (χ0n) is 17.7. The number of nitrogens with one attached hydrogen (secondary N) is 2. The predicted octanol–water partition coefficient (Wildman–Crippen LogP) is 2.40. The molecule has 1 aliphatic rings. The van der Waals surface area contributed by atoms with Crippen LogP contribution < -0.4 is 26.8 Å². The number of hydrogen-bond acceptors (Lipinski definition) is 5. The van der Waals surface area contributed by atoms with Crippen LogP contribution in [0.4, 0.5) is 0 Å². The summed E-state index contributed by atoms with van der Waals surface area (Å²) in [4.78, 5) is 8.51. The maximum atomic E-state index is 5.84. The summed E-state index contributed by atoms with van der Waals surface area (Å²) in [5, 5.41) is 6.86. The third kappa shape index (κ3) is 10.7. The van der Waals surface area contributed by atoms with Gasteiger partial charge in [0.2, 0.25) is 0 Å². The van der Waals surface area contributed by atoms with Crippen molar-refractivity contribution < 1.29 is 4.74 Å². The highest BCUT2D eigenvalue weighted by molar-refractivity contribution is 5.99. The van der Waals surface area contributed by atoms with Gasteiger partial charge in [-0.1, -0.05) is 19.3 Å². The second kappa shape index (κ2) is 14.7. The van der Waals surface area contributed by atoms with E-state index in [4.69, 9.17) is 16.2 Å². The fourth-order valence-electron chi connectivity index (χ4n) is 3.20. The molecule has 7 heteroatoms. The summed E-state index contributed by atoms with van der Waals surface area (Å²) in [6, 6.07) is 8.22. The number of aliphatic imine (C=N–C) groups is 2. The first-order valence-electron chi connectivity index (χ1n) is 11.0. The molecule has 6 N–H and O–H groups in total. The fraction of sp³-hybridized carbons (Fsp3) is 0.636. The van der Waals surface area contributed by atoms with Crippen molar-refractivity contribution in [2.45, 2.75) is 51.4 Å². The number of benzene rings is 1. The normalized spacial score (nSPS) is 13.4. The van der Waals surface area contributed by atoms with Crippen LogP contribution in [0.1, 0.15) is 56.9 Å². The van der Waals surface area contributed by atoms with E-state index in [1.165, 1.54) is 25.7 Å². The van der Waals surface area contributed by atoms with Crippen LogP contribution in [-0.4, -0.2) is 51.1 Å². The van der Waals surface area contributed by atoms with Gasteiger partial charge in [0, 0.05) is 25.2 Å². The molecule has 1 aromatic carbocycles. The predicted molar refractivity (Wildman–Crippen MR) is 122 cm³/mol. The van der Waals surface area contributed by atoms with E-state index in [0.29, 0.717) is 0 Å². The first-order chi connectivity index (χ1) is 14.3. The molecule has 0 saturated heterocycles. The Kier molecular flexibility index (Phi) is 11.6. The molecular formula is C22H38N6O. The van der Waals surface area contributed by atoms with Gasteiger partial charge in [0.1, 0.15) is 11.6 Å². The number of unbranched alkanes of at least 4 members (excludes halogenated alkanes) is 5. The van der Waals surface area contributed by atoms with Crippen LogP contribution in [0.2, 0.25) is 0 Å². The van der Waals surface area contributed by atoms with Gasteiger partial charge in [-0.3, -0.25) is 9.98 Å². The molecule has 0 saturated carbocycles. The van der Waals surface area contributed by atoms with Gasteiger partial charge >= 0.3 is 0 Å². The molecule has 162 valence electrons. The van der Waals surface area contributed by atoms with E-state index >= 15 is 0 Å². The second-order valence-corrected chi connectivity index (χ2v) is 7.41. The van der Waals surface area contributed by atoms with Crippen molar-refractivity contribution in [3.05, 3.63) is 29.8 Å². The van der Waals surface area contributed by atoms with E-state index in [0.717, 1.165) is 82.2 Å². The molecule has 2 rings (SSSR count). The Hall–Kier alpha value is -2.28. The zero-order valence-corrected chi connectivity index (χ0v) is 17.7. The highest BCUT2D eigenvalue weighted by atomic mass is 16.5. The number of rotatable bonds is 15. The molecule has 0 aliphatic carbocycles. The van der Waals surface area contributed by atoms with Gasteiger partial charge in [0.25, 0.3) is 0 Å². The number of ether oxygens (including phenoxy) is 1. The maximum absolute atomic E-state index is 5.84. The standard InChI is InChI=1S/C22H38N6O/c23-22(24)28-15-5-3-1-2-4-13-25-14-6-7-18-29-20-11-9-19(10-12-20)21-26-16-8-17-27-21/h9-12,25H,1-8,13-18H2,(H,26,27)(H4,23,24,28). The van der Waals surface area contributed by atoms with Crippen molar-refractivity contribution in [3.8, 4) is 5.75 Å². The molecule has 0 atom stereocenters. The molecule has 0 bridgehead atoms. The minimum atomic E-state index is 0.195. The van der Waals surface area contributed by atoms with E-state index in [9.17, 15) is 0 Å². The maximum Gasteiger partial charge on any atom is 0.185 e. The summed E-state index contributed by atoms with van der Waals surface area (Å²) in [6.07, 6.45) is 9.31. The monoisotopic (exact) mass is 402 g/mol. The Bertz CT molecular complexity index is 610. The molecule has 7 nitrogen and oxygen atoms in total. The lowest BCUT2D eigenvalue weighted by Crippen LogP contribution is -2.30. The SMILES string of the molecule is NC(N)=NCCCCCCCNCCCCOc1ccc(C2=NCCCN2)cc1. The van der Waals surface area contributed by atoms with E-state index in [1.54, 1.807) is 0 Å². The second-order valence-electron chi connectivity index (χ2n) is 7.41. The van der Waals surface area contributed by atoms with Gasteiger partial charge in [0.05, 0.1) is 6.61 Å². The average molecular weight is 403 g/mol. The number of guanidine groups is 1.